The fraction of sp³-hybridized carbons (Fsp3) is 0. The van der Waals surface area contributed by atoms with Crippen LogP contribution in [0.2, 0.25) is 10.0 Å². The van der Waals surface area contributed by atoms with Crippen LogP contribution in [0.15, 0.2) is 36.4 Å². The van der Waals surface area contributed by atoms with Crippen LogP contribution in [0.1, 0.15) is 0 Å². The van der Waals surface area contributed by atoms with Crippen LogP contribution in [-0.4, -0.2) is 23.6 Å². The summed E-state index contributed by atoms with van der Waals surface area (Å²) in [4.78, 5) is 48.7. The van der Waals surface area contributed by atoms with Crippen molar-refractivity contribution in [3.63, 3.8) is 0 Å². The number of hydrogen-bond donors (Lipinski definition) is 0. The number of hydrogen-bond acceptors (Lipinski definition) is 4. The van der Waals surface area contributed by atoms with E-state index < -0.39 is 23.6 Å². The second-order valence-corrected chi connectivity index (χ2v) is 5.26. The summed E-state index contributed by atoms with van der Waals surface area (Å²) in [5, 5.41) is 0.0948. The Labute approximate surface area is 134 Å². The molecule has 0 atom stereocenters. The van der Waals surface area contributed by atoms with Crippen molar-refractivity contribution in [1.82, 2.24) is 0 Å². The average Bonchev–Trinajstić information content (AvgIpc) is 2.95. The highest BCUT2D eigenvalue weighted by Crippen LogP contribution is 2.38. The van der Waals surface area contributed by atoms with Gasteiger partial charge in [0.05, 0.1) is 21.4 Å². The first kappa shape index (κ1) is 14.5. The van der Waals surface area contributed by atoms with E-state index in [1.165, 1.54) is 12.1 Å². The zero-order chi connectivity index (χ0) is 16.0. The molecular weight excluding hydrogens is 331 g/mol. The zero-order valence-electron chi connectivity index (χ0n) is 10.7. The summed E-state index contributed by atoms with van der Waals surface area (Å²) >= 11 is 12.1. The smallest absolute Gasteiger partial charge is 0.258 e. The number of amides is 4. The summed E-state index contributed by atoms with van der Waals surface area (Å²) in [7, 11) is 0. The largest absolute Gasteiger partial charge is 0.269 e. The Bertz CT molecular complexity index is 714. The maximum atomic E-state index is 11.8. The van der Waals surface area contributed by atoms with Crippen molar-refractivity contribution >= 4 is 58.2 Å². The van der Waals surface area contributed by atoms with E-state index in [9.17, 15) is 19.2 Å². The van der Waals surface area contributed by atoms with Gasteiger partial charge in [-0.25, -0.2) is 9.80 Å². The Morgan fingerprint density at radius 3 is 1.23 bits per heavy atom. The molecule has 0 radical (unpaired) electrons. The fourth-order valence-electron chi connectivity index (χ4n) is 2.14. The highest BCUT2D eigenvalue weighted by atomic mass is 35.5. The van der Waals surface area contributed by atoms with Gasteiger partial charge in [-0.05, 0) is 12.1 Å². The number of halogens is 2. The van der Waals surface area contributed by atoms with Gasteiger partial charge in [0, 0.05) is 24.3 Å². The Kier molecular flexibility index (Phi) is 3.35. The van der Waals surface area contributed by atoms with Crippen molar-refractivity contribution in [1.29, 1.82) is 0 Å². The fourth-order valence-corrected chi connectivity index (χ4v) is 2.70. The van der Waals surface area contributed by atoms with Gasteiger partial charge in [-0.3, -0.25) is 19.2 Å². The Hall–Kier alpha value is -2.44. The van der Waals surface area contributed by atoms with E-state index in [2.05, 4.69) is 0 Å². The van der Waals surface area contributed by atoms with E-state index in [0.717, 1.165) is 34.1 Å². The molecule has 0 bridgehead atoms. The van der Waals surface area contributed by atoms with Gasteiger partial charge < -0.3 is 0 Å². The lowest BCUT2D eigenvalue weighted by Crippen LogP contribution is -2.32. The van der Waals surface area contributed by atoms with Gasteiger partial charge in [0.2, 0.25) is 0 Å². The molecule has 2 aliphatic heterocycles. The minimum atomic E-state index is -0.572. The van der Waals surface area contributed by atoms with Crippen molar-refractivity contribution in [3.8, 4) is 0 Å². The number of benzene rings is 1. The van der Waals surface area contributed by atoms with Crippen LogP contribution < -0.4 is 9.80 Å². The molecule has 6 nitrogen and oxygen atoms in total. The molecule has 4 amide bonds. The normalized spacial score (nSPS) is 17.4. The predicted octanol–water partition coefficient (Wildman–Crippen LogP) is 1.85. The van der Waals surface area contributed by atoms with E-state index >= 15 is 0 Å². The van der Waals surface area contributed by atoms with Crippen LogP contribution in [0.4, 0.5) is 11.4 Å². The summed E-state index contributed by atoms with van der Waals surface area (Å²) in [6.07, 6.45) is 4.39. The number of anilines is 2. The first-order chi connectivity index (χ1) is 10.4. The molecule has 22 heavy (non-hydrogen) atoms. The third-order valence-corrected chi connectivity index (χ3v) is 3.72. The molecular formula is C14H6Cl2N2O4. The molecule has 0 saturated carbocycles. The molecule has 2 heterocycles. The predicted molar refractivity (Wildman–Crippen MR) is 79.7 cm³/mol. The van der Waals surface area contributed by atoms with Gasteiger partial charge in [0.25, 0.3) is 23.6 Å². The molecule has 0 saturated heterocycles. The van der Waals surface area contributed by atoms with Crippen molar-refractivity contribution in [3.05, 3.63) is 46.5 Å². The third kappa shape index (κ3) is 2.13. The number of rotatable bonds is 2. The number of nitrogens with zero attached hydrogens (tertiary/aromatic N) is 2. The van der Waals surface area contributed by atoms with E-state index in [0.29, 0.717) is 0 Å². The summed E-state index contributed by atoms with van der Waals surface area (Å²) in [6.45, 7) is 0. The van der Waals surface area contributed by atoms with Crippen LogP contribution in [-0.2, 0) is 19.2 Å². The lowest BCUT2D eigenvalue weighted by Gasteiger charge is -2.21. The Balaban J connectivity index is 2.12. The molecule has 1 aromatic rings. The molecule has 0 unspecified atom stereocenters. The molecule has 0 fully saturated rings. The molecule has 3 rings (SSSR count). The quantitative estimate of drug-likeness (QED) is 0.772. The lowest BCUT2D eigenvalue weighted by atomic mass is 10.2. The van der Waals surface area contributed by atoms with E-state index in [1.54, 1.807) is 0 Å². The van der Waals surface area contributed by atoms with E-state index in [4.69, 9.17) is 23.2 Å². The van der Waals surface area contributed by atoms with Crippen molar-refractivity contribution in [2.75, 3.05) is 9.80 Å². The van der Waals surface area contributed by atoms with Gasteiger partial charge in [0.1, 0.15) is 0 Å². The van der Waals surface area contributed by atoms with Crippen molar-refractivity contribution in [2.24, 2.45) is 0 Å². The average molecular weight is 337 g/mol. The topological polar surface area (TPSA) is 74.8 Å². The van der Waals surface area contributed by atoms with E-state index in [1.807, 2.05) is 0 Å². The molecule has 0 aliphatic carbocycles. The molecule has 8 heteroatoms. The molecule has 0 spiro atoms. The second-order valence-electron chi connectivity index (χ2n) is 4.45. The summed E-state index contributed by atoms with van der Waals surface area (Å²) in [6, 6.07) is 2.53. The maximum absolute atomic E-state index is 11.8. The van der Waals surface area contributed by atoms with Gasteiger partial charge in [-0.1, -0.05) is 23.2 Å². The number of carbonyl (C=O) groups is 4. The van der Waals surface area contributed by atoms with Crippen LogP contribution >= 0.6 is 23.2 Å². The summed E-state index contributed by atoms with van der Waals surface area (Å²) in [5.74, 6) is -2.29. The monoisotopic (exact) mass is 336 g/mol. The molecule has 110 valence electrons. The van der Waals surface area contributed by atoms with Gasteiger partial charge in [-0.15, -0.1) is 0 Å². The SMILES string of the molecule is O=C1C=CC(=O)N1c1cc(N2C(=O)C=CC2=O)c(Cl)cc1Cl. The van der Waals surface area contributed by atoms with Gasteiger partial charge in [0.15, 0.2) is 0 Å². The van der Waals surface area contributed by atoms with Gasteiger partial charge in [-0.2, -0.15) is 0 Å². The molecule has 0 N–H and O–H groups in total. The first-order valence-corrected chi connectivity index (χ1v) is 6.77. The van der Waals surface area contributed by atoms with Crippen LogP contribution in [0, 0.1) is 0 Å². The number of carbonyl (C=O) groups excluding carboxylic acids is 4. The Morgan fingerprint density at radius 2 is 0.909 bits per heavy atom. The number of imide groups is 2. The Morgan fingerprint density at radius 1 is 0.591 bits per heavy atom. The molecule has 0 aromatic heterocycles. The standard InChI is InChI=1S/C14H6Cl2N2O4/c15-7-5-8(16)10(18-13(21)3-4-14(18)22)6-9(7)17-11(19)1-2-12(17)20/h1-6H. The third-order valence-electron chi connectivity index (χ3n) is 3.12. The summed E-state index contributed by atoms with van der Waals surface area (Å²) < 4.78 is 0. The van der Waals surface area contributed by atoms with Crippen LogP contribution in [0.25, 0.3) is 0 Å². The van der Waals surface area contributed by atoms with Crippen molar-refractivity contribution < 1.29 is 19.2 Å². The highest BCUT2D eigenvalue weighted by molar-refractivity contribution is 6.42. The van der Waals surface area contributed by atoms with Gasteiger partial charge >= 0.3 is 0 Å². The van der Waals surface area contributed by atoms with Crippen LogP contribution in [0.5, 0.6) is 0 Å². The maximum Gasteiger partial charge on any atom is 0.258 e. The van der Waals surface area contributed by atoms with E-state index in [-0.39, 0.29) is 21.4 Å². The minimum Gasteiger partial charge on any atom is -0.269 e. The molecule has 2 aliphatic rings. The lowest BCUT2D eigenvalue weighted by molar-refractivity contribution is -0.121. The highest BCUT2D eigenvalue weighted by Gasteiger charge is 2.32. The zero-order valence-corrected chi connectivity index (χ0v) is 12.3. The first-order valence-electron chi connectivity index (χ1n) is 6.01. The molecule has 1 aromatic carbocycles. The second kappa shape index (κ2) is 5.08. The van der Waals surface area contributed by atoms with Crippen molar-refractivity contribution in [2.45, 2.75) is 0 Å². The van der Waals surface area contributed by atoms with Crippen LogP contribution in [0.3, 0.4) is 0 Å². The summed E-state index contributed by atoms with van der Waals surface area (Å²) in [5.41, 5.74) is 0.0992. The minimum absolute atomic E-state index is 0.0474.